The predicted octanol–water partition coefficient (Wildman–Crippen LogP) is 2.45. The van der Waals surface area contributed by atoms with E-state index in [0.29, 0.717) is 11.5 Å². The smallest absolute Gasteiger partial charge is 0.380 e. The largest absolute Gasteiger partial charge is 0.417 e. The zero-order valence-electron chi connectivity index (χ0n) is 13.2. The Morgan fingerprint density at radius 1 is 1.39 bits per heavy atom. The van der Waals surface area contributed by atoms with Crippen molar-refractivity contribution in [1.29, 1.82) is 0 Å². The van der Waals surface area contributed by atoms with Gasteiger partial charge < -0.3 is 19.8 Å². The van der Waals surface area contributed by atoms with Crippen molar-refractivity contribution in [3.05, 3.63) is 17.0 Å². The number of nitrogens with zero attached hydrogens (tertiary/aromatic N) is 2. The number of carbonyl (C=O) groups is 1. The summed E-state index contributed by atoms with van der Waals surface area (Å²) in [5.41, 5.74) is -1.31. The van der Waals surface area contributed by atoms with Gasteiger partial charge in [-0.1, -0.05) is 5.16 Å². The maximum atomic E-state index is 12.8. The van der Waals surface area contributed by atoms with E-state index in [0.717, 1.165) is 5.56 Å². The number of hydrogen-bond donors (Lipinski definition) is 2. The first-order valence-corrected chi connectivity index (χ1v) is 7.32. The maximum Gasteiger partial charge on any atom is 0.417 e. The molecule has 2 N–H and O–H groups in total. The Bertz CT molecular complexity index is 558. The SMILES string of the molecule is Cc1noc(C)c1C(C)NC(=O)N1CCC(O)(C(F)(F)F)CC1. The van der Waals surface area contributed by atoms with Crippen LogP contribution in [0.15, 0.2) is 4.52 Å². The number of rotatable bonds is 2. The molecule has 0 aliphatic carbocycles. The first-order valence-electron chi connectivity index (χ1n) is 7.32. The first kappa shape index (κ1) is 17.6. The monoisotopic (exact) mass is 335 g/mol. The summed E-state index contributed by atoms with van der Waals surface area (Å²) in [6.07, 6.45) is -5.73. The van der Waals surface area contributed by atoms with E-state index in [9.17, 15) is 23.1 Å². The van der Waals surface area contributed by atoms with E-state index in [-0.39, 0.29) is 19.1 Å². The van der Waals surface area contributed by atoms with Gasteiger partial charge in [0.2, 0.25) is 0 Å². The molecule has 0 saturated carbocycles. The van der Waals surface area contributed by atoms with Crippen LogP contribution in [0.1, 0.15) is 42.8 Å². The van der Waals surface area contributed by atoms with Crippen LogP contribution in [0.25, 0.3) is 0 Å². The summed E-state index contributed by atoms with van der Waals surface area (Å²) in [6.45, 7) is 4.91. The van der Waals surface area contributed by atoms with Crippen LogP contribution in [0.5, 0.6) is 0 Å². The van der Waals surface area contributed by atoms with Crippen LogP contribution >= 0.6 is 0 Å². The third-order valence-electron chi connectivity index (χ3n) is 4.27. The number of carbonyl (C=O) groups excluding carboxylic acids is 1. The zero-order valence-corrected chi connectivity index (χ0v) is 13.2. The number of aromatic nitrogens is 1. The lowest BCUT2D eigenvalue weighted by Gasteiger charge is -2.39. The number of alkyl halides is 3. The molecule has 1 unspecified atom stereocenters. The van der Waals surface area contributed by atoms with Crippen LogP contribution in [-0.2, 0) is 0 Å². The Kier molecular flexibility index (Phi) is 4.61. The minimum atomic E-state index is -4.68. The average Bonchev–Trinajstić information content (AvgIpc) is 2.77. The summed E-state index contributed by atoms with van der Waals surface area (Å²) in [7, 11) is 0. The molecular formula is C14H20F3N3O3. The molecule has 1 saturated heterocycles. The second kappa shape index (κ2) is 6.03. The molecule has 1 atom stereocenters. The Morgan fingerprint density at radius 3 is 2.39 bits per heavy atom. The van der Waals surface area contributed by atoms with E-state index in [4.69, 9.17) is 4.52 Å². The number of halogens is 3. The van der Waals surface area contributed by atoms with Gasteiger partial charge in [-0.25, -0.2) is 4.79 Å². The van der Waals surface area contributed by atoms with Crippen LogP contribution in [0.4, 0.5) is 18.0 Å². The average molecular weight is 335 g/mol. The Hall–Kier alpha value is -1.77. The summed E-state index contributed by atoms with van der Waals surface area (Å²) in [6, 6.07) is -0.848. The van der Waals surface area contributed by atoms with E-state index in [1.54, 1.807) is 20.8 Å². The van der Waals surface area contributed by atoms with Crippen molar-refractivity contribution in [3.8, 4) is 0 Å². The van der Waals surface area contributed by atoms with Gasteiger partial charge in [-0.3, -0.25) is 0 Å². The van der Waals surface area contributed by atoms with Gasteiger partial charge in [0.05, 0.1) is 11.7 Å². The highest BCUT2D eigenvalue weighted by atomic mass is 19.4. The van der Waals surface area contributed by atoms with Crippen molar-refractivity contribution >= 4 is 6.03 Å². The van der Waals surface area contributed by atoms with Crippen molar-refractivity contribution in [2.75, 3.05) is 13.1 Å². The summed E-state index contributed by atoms with van der Waals surface area (Å²) >= 11 is 0. The molecule has 2 rings (SSSR count). The number of urea groups is 1. The number of likely N-dealkylation sites (tertiary alicyclic amines) is 1. The number of piperidine rings is 1. The molecule has 1 aromatic heterocycles. The summed E-state index contributed by atoms with van der Waals surface area (Å²) in [5, 5.41) is 16.1. The molecule has 0 aromatic carbocycles. The second-order valence-corrected chi connectivity index (χ2v) is 5.93. The quantitative estimate of drug-likeness (QED) is 0.870. The molecule has 0 bridgehead atoms. The van der Waals surface area contributed by atoms with Crippen molar-refractivity contribution < 1.29 is 27.6 Å². The van der Waals surface area contributed by atoms with E-state index in [1.807, 2.05) is 0 Å². The first-order chi connectivity index (χ1) is 10.5. The number of amides is 2. The normalized spacial score (nSPS) is 19.5. The van der Waals surface area contributed by atoms with Gasteiger partial charge in [0, 0.05) is 31.5 Å². The highest BCUT2D eigenvalue weighted by Crippen LogP contribution is 2.38. The Morgan fingerprint density at radius 2 is 1.96 bits per heavy atom. The molecule has 23 heavy (non-hydrogen) atoms. The van der Waals surface area contributed by atoms with Gasteiger partial charge in [-0.2, -0.15) is 13.2 Å². The summed E-state index contributed by atoms with van der Waals surface area (Å²) < 4.78 is 43.3. The van der Waals surface area contributed by atoms with Crippen molar-refractivity contribution in [2.24, 2.45) is 0 Å². The van der Waals surface area contributed by atoms with Gasteiger partial charge in [0.25, 0.3) is 0 Å². The molecule has 1 fully saturated rings. The minimum absolute atomic E-state index is 0.157. The highest BCUT2D eigenvalue weighted by molar-refractivity contribution is 5.75. The molecule has 6 nitrogen and oxygen atoms in total. The standard InChI is InChI=1S/C14H20F3N3O3/c1-8(11-9(2)19-23-10(11)3)18-12(21)20-6-4-13(22,5-7-20)14(15,16)17/h8,22H,4-7H2,1-3H3,(H,18,21). The van der Waals surface area contributed by atoms with Crippen molar-refractivity contribution in [3.63, 3.8) is 0 Å². The lowest BCUT2D eigenvalue weighted by Crippen LogP contribution is -2.56. The number of aliphatic hydroxyl groups is 1. The number of nitrogens with one attached hydrogen (secondary N) is 1. The van der Waals surface area contributed by atoms with Gasteiger partial charge in [0.15, 0.2) is 5.60 Å². The predicted molar refractivity (Wildman–Crippen MR) is 74.7 cm³/mol. The van der Waals surface area contributed by atoms with Gasteiger partial charge in [-0.05, 0) is 20.8 Å². The van der Waals surface area contributed by atoms with Gasteiger partial charge >= 0.3 is 12.2 Å². The highest BCUT2D eigenvalue weighted by Gasteiger charge is 2.54. The fourth-order valence-electron chi connectivity index (χ4n) is 2.82. The van der Waals surface area contributed by atoms with Gasteiger partial charge in [0.1, 0.15) is 5.76 Å². The molecule has 1 aliphatic rings. The van der Waals surface area contributed by atoms with Crippen molar-refractivity contribution in [2.45, 2.75) is 51.4 Å². The molecule has 1 aromatic rings. The molecular weight excluding hydrogens is 315 g/mol. The molecule has 0 spiro atoms. The topological polar surface area (TPSA) is 78.6 Å². The van der Waals surface area contributed by atoms with Crippen LogP contribution in [-0.4, -0.2) is 46.1 Å². The van der Waals surface area contributed by atoms with Crippen LogP contribution in [0.2, 0.25) is 0 Å². The fourth-order valence-corrected chi connectivity index (χ4v) is 2.82. The lowest BCUT2D eigenvalue weighted by molar-refractivity contribution is -0.271. The van der Waals surface area contributed by atoms with Gasteiger partial charge in [-0.15, -0.1) is 0 Å². The molecule has 1 aliphatic heterocycles. The van der Waals surface area contributed by atoms with Crippen LogP contribution in [0, 0.1) is 13.8 Å². The van der Waals surface area contributed by atoms with Crippen molar-refractivity contribution in [1.82, 2.24) is 15.4 Å². The summed E-state index contributed by atoms with van der Waals surface area (Å²) in [4.78, 5) is 13.5. The number of aryl methyl sites for hydroxylation is 2. The third kappa shape index (κ3) is 3.44. The fraction of sp³-hybridized carbons (Fsp3) is 0.714. The van der Waals surface area contributed by atoms with E-state index < -0.39 is 30.7 Å². The summed E-state index contributed by atoms with van der Waals surface area (Å²) in [5.74, 6) is 0.584. The van der Waals surface area contributed by atoms with E-state index in [2.05, 4.69) is 10.5 Å². The molecule has 130 valence electrons. The maximum absolute atomic E-state index is 12.8. The lowest BCUT2D eigenvalue weighted by atomic mass is 9.91. The van der Waals surface area contributed by atoms with Crippen LogP contribution < -0.4 is 5.32 Å². The Labute approximate surface area is 131 Å². The third-order valence-corrected chi connectivity index (χ3v) is 4.27. The van der Waals surface area contributed by atoms with E-state index >= 15 is 0 Å². The Balaban J connectivity index is 1.96. The molecule has 2 heterocycles. The molecule has 9 heteroatoms. The number of hydrogen-bond acceptors (Lipinski definition) is 4. The van der Waals surface area contributed by atoms with E-state index in [1.165, 1.54) is 4.90 Å². The van der Waals surface area contributed by atoms with Crippen LogP contribution in [0.3, 0.4) is 0 Å². The zero-order chi connectivity index (χ0) is 17.4. The minimum Gasteiger partial charge on any atom is -0.380 e. The molecule has 0 radical (unpaired) electrons. The molecule has 2 amide bonds. The second-order valence-electron chi connectivity index (χ2n) is 5.93.